The lowest BCUT2D eigenvalue weighted by molar-refractivity contribution is -0.117. The van der Waals surface area contributed by atoms with Crippen LogP contribution in [0.15, 0.2) is 23.8 Å². The zero-order valence-electron chi connectivity index (χ0n) is 16.0. The number of fused-ring (bicyclic) bond motifs is 1. The molecule has 0 aliphatic heterocycles. The predicted octanol–water partition coefficient (Wildman–Crippen LogP) is 4.58. The summed E-state index contributed by atoms with van der Waals surface area (Å²) in [4.78, 5) is 11.0. The molecule has 25 heavy (non-hydrogen) atoms. The van der Waals surface area contributed by atoms with Gasteiger partial charge in [0.25, 0.3) is 0 Å². The topological polar surface area (TPSA) is 57.5 Å². The highest BCUT2D eigenvalue weighted by molar-refractivity contribution is 5.75. The van der Waals surface area contributed by atoms with Gasteiger partial charge in [0.15, 0.2) is 0 Å². The Hall–Kier alpha value is -0.930. The zero-order valence-corrected chi connectivity index (χ0v) is 16.0. The first-order valence-electron chi connectivity index (χ1n) is 10.2. The molecule has 2 rings (SSSR count). The third-order valence-electron chi connectivity index (χ3n) is 5.89. The van der Waals surface area contributed by atoms with Gasteiger partial charge in [-0.3, -0.25) is 0 Å². The van der Waals surface area contributed by atoms with E-state index < -0.39 is 0 Å². The quantitative estimate of drug-likeness (QED) is 0.424. The minimum absolute atomic E-state index is 0.178. The van der Waals surface area contributed by atoms with Gasteiger partial charge < -0.3 is 15.0 Å². The average Bonchev–Trinajstić information content (AvgIpc) is 3.06. The van der Waals surface area contributed by atoms with Gasteiger partial charge in [-0.25, -0.2) is 0 Å². The van der Waals surface area contributed by atoms with E-state index in [-0.39, 0.29) is 23.9 Å². The zero-order chi connectivity index (χ0) is 18.2. The van der Waals surface area contributed by atoms with Crippen LogP contribution in [0.5, 0.6) is 0 Å². The molecule has 1 saturated carbocycles. The number of rotatable bonds is 11. The van der Waals surface area contributed by atoms with Gasteiger partial charge in [0.05, 0.1) is 12.2 Å². The molecule has 2 N–H and O–H groups in total. The van der Waals surface area contributed by atoms with Crippen LogP contribution < -0.4 is 0 Å². The van der Waals surface area contributed by atoms with Gasteiger partial charge in [0.2, 0.25) is 0 Å². The molecule has 5 atom stereocenters. The lowest BCUT2D eigenvalue weighted by Crippen LogP contribution is -2.18. The molecule has 1 fully saturated rings. The minimum atomic E-state index is -0.377. The SMILES string of the molecule is CCCCC[C@@H](O)/C=C/[C@@H]1[C@H]2CC(CCCCC(C)=O)=C[C@H]2C[C@H]1O. The van der Waals surface area contributed by atoms with Crippen molar-refractivity contribution in [2.45, 2.75) is 90.3 Å². The Labute approximate surface area is 153 Å². The van der Waals surface area contributed by atoms with Crippen molar-refractivity contribution in [3.05, 3.63) is 23.8 Å². The highest BCUT2D eigenvalue weighted by Crippen LogP contribution is 2.48. The molecular weight excluding hydrogens is 312 g/mol. The van der Waals surface area contributed by atoms with Crippen molar-refractivity contribution in [1.29, 1.82) is 0 Å². The van der Waals surface area contributed by atoms with Crippen LogP contribution in [0.2, 0.25) is 0 Å². The van der Waals surface area contributed by atoms with Gasteiger partial charge in [-0.15, -0.1) is 0 Å². The molecule has 2 aliphatic carbocycles. The maximum Gasteiger partial charge on any atom is 0.129 e. The second-order valence-corrected chi connectivity index (χ2v) is 8.09. The highest BCUT2D eigenvalue weighted by atomic mass is 16.3. The summed E-state index contributed by atoms with van der Waals surface area (Å²) in [6.45, 7) is 3.83. The van der Waals surface area contributed by atoms with Crippen LogP contribution >= 0.6 is 0 Å². The average molecular weight is 349 g/mol. The largest absolute Gasteiger partial charge is 0.392 e. The van der Waals surface area contributed by atoms with Gasteiger partial charge in [-0.2, -0.15) is 0 Å². The van der Waals surface area contributed by atoms with E-state index in [0.717, 1.165) is 44.9 Å². The van der Waals surface area contributed by atoms with Crippen molar-refractivity contribution in [1.82, 2.24) is 0 Å². The number of unbranched alkanes of at least 4 members (excludes halogenated alkanes) is 3. The third-order valence-corrected chi connectivity index (χ3v) is 5.89. The van der Waals surface area contributed by atoms with E-state index in [2.05, 4.69) is 19.1 Å². The van der Waals surface area contributed by atoms with Crippen molar-refractivity contribution in [3.8, 4) is 0 Å². The Morgan fingerprint density at radius 2 is 2.12 bits per heavy atom. The molecule has 0 saturated heterocycles. The number of hydrogen-bond donors (Lipinski definition) is 2. The molecule has 0 unspecified atom stereocenters. The predicted molar refractivity (Wildman–Crippen MR) is 102 cm³/mol. The Morgan fingerprint density at radius 3 is 2.84 bits per heavy atom. The summed E-state index contributed by atoms with van der Waals surface area (Å²) in [5, 5.41) is 20.5. The summed E-state index contributed by atoms with van der Waals surface area (Å²) in [7, 11) is 0. The maximum atomic E-state index is 11.0. The molecule has 0 aromatic heterocycles. The van der Waals surface area contributed by atoms with Crippen molar-refractivity contribution in [2.75, 3.05) is 0 Å². The van der Waals surface area contributed by atoms with E-state index in [1.54, 1.807) is 6.92 Å². The number of hydrogen-bond acceptors (Lipinski definition) is 3. The summed E-state index contributed by atoms with van der Waals surface area (Å²) >= 11 is 0. The summed E-state index contributed by atoms with van der Waals surface area (Å²) in [6, 6.07) is 0. The van der Waals surface area contributed by atoms with E-state index in [4.69, 9.17) is 0 Å². The molecule has 0 spiro atoms. The lowest BCUT2D eigenvalue weighted by Gasteiger charge is -2.19. The standard InChI is InChI=1S/C22H36O3/c1-3-4-5-10-19(24)11-12-20-21-14-17(9-7-6-8-16(2)23)13-18(21)15-22(20)25/h11-13,18-22,24-25H,3-10,14-15H2,1-2H3/b12-11+/t18-,19+,20+,21-,22+/m0/s1. The van der Waals surface area contributed by atoms with Gasteiger partial charge in [-0.05, 0) is 57.3 Å². The number of allylic oxidation sites excluding steroid dienone is 2. The molecule has 2 aliphatic rings. The van der Waals surface area contributed by atoms with E-state index >= 15 is 0 Å². The first-order chi connectivity index (χ1) is 12.0. The molecule has 3 heteroatoms. The molecule has 0 amide bonds. The summed E-state index contributed by atoms with van der Waals surface area (Å²) in [5.41, 5.74) is 1.51. The molecular formula is C22H36O3. The number of aliphatic hydroxyl groups is 2. The Bertz CT molecular complexity index is 480. The molecule has 0 heterocycles. The number of ketones is 1. The van der Waals surface area contributed by atoms with Crippen molar-refractivity contribution in [3.63, 3.8) is 0 Å². The fourth-order valence-electron chi connectivity index (χ4n) is 4.47. The lowest BCUT2D eigenvalue weighted by atomic mass is 9.88. The van der Waals surface area contributed by atoms with Crippen LogP contribution in [0, 0.1) is 17.8 Å². The van der Waals surface area contributed by atoms with Gasteiger partial charge in [0, 0.05) is 12.3 Å². The van der Waals surface area contributed by atoms with Gasteiger partial charge in [0.1, 0.15) is 5.78 Å². The minimum Gasteiger partial charge on any atom is -0.392 e. The summed E-state index contributed by atoms with van der Waals surface area (Å²) in [5.74, 6) is 1.45. The van der Waals surface area contributed by atoms with E-state index in [9.17, 15) is 15.0 Å². The normalized spacial score (nSPS) is 29.8. The smallest absolute Gasteiger partial charge is 0.129 e. The summed E-state index contributed by atoms with van der Waals surface area (Å²) in [6.07, 6.45) is 15.7. The third kappa shape index (κ3) is 6.38. The van der Waals surface area contributed by atoms with E-state index in [1.807, 2.05) is 6.08 Å². The second kappa shape index (κ2) is 10.3. The molecule has 0 bridgehead atoms. The molecule has 142 valence electrons. The first kappa shape index (κ1) is 20.4. The molecule has 0 aromatic carbocycles. The fraction of sp³-hybridized carbons (Fsp3) is 0.773. The first-order valence-corrected chi connectivity index (χ1v) is 10.2. The van der Waals surface area contributed by atoms with E-state index in [1.165, 1.54) is 18.4 Å². The number of carbonyl (C=O) groups is 1. The van der Waals surface area contributed by atoms with Crippen molar-refractivity contribution < 1.29 is 15.0 Å². The Kier molecular flexibility index (Phi) is 8.38. The van der Waals surface area contributed by atoms with Crippen LogP contribution in [-0.2, 0) is 4.79 Å². The fourth-order valence-corrected chi connectivity index (χ4v) is 4.47. The van der Waals surface area contributed by atoms with Crippen molar-refractivity contribution in [2.24, 2.45) is 17.8 Å². The number of aliphatic hydroxyl groups excluding tert-OH is 2. The van der Waals surface area contributed by atoms with Crippen LogP contribution in [0.25, 0.3) is 0 Å². The molecule has 3 nitrogen and oxygen atoms in total. The van der Waals surface area contributed by atoms with Gasteiger partial charge >= 0.3 is 0 Å². The van der Waals surface area contributed by atoms with Crippen LogP contribution in [0.1, 0.15) is 78.1 Å². The summed E-state index contributed by atoms with van der Waals surface area (Å²) < 4.78 is 0. The van der Waals surface area contributed by atoms with Gasteiger partial charge in [-0.1, -0.05) is 50.0 Å². The Balaban J connectivity index is 1.78. The van der Waals surface area contributed by atoms with Crippen molar-refractivity contribution >= 4 is 5.78 Å². The monoisotopic (exact) mass is 348 g/mol. The van der Waals surface area contributed by atoms with E-state index in [0.29, 0.717) is 18.3 Å². The number of Topliss-reactive ketones (excluding diaryl/α,β-unsaturated/α-hetero) is 1. The van der Waals surface area contributed by atoms with Crippen LogP contribution in [0.3, 0.4) is 0 Å². The highest BCUT2D eigenvalue weighted by Gasteiger charge is 2.43. The molecule has 0 aromatic rings. The molecule has 0 radical (unpaired) electrons. The maximum absolute atomic E-state index is 11.0. The number of carbonyl (C=O) groups excluding carboxylic acids is 1. The second-order valence-electron chi connectivity index (χ2n) is 8.09. The Morgan fingerprint density at radius 1 is 1.32 bits per heavy atom. The van der Waals surface area contributed by atoms with Crippen LogP contribution in [0.4, 0.5) is 0 Å². The van der Waals surface area contributed by atoms with Crippen LogP contribution in [-0.4, -0.2) is 28.2 Å².